The van der Waals surface area contributed by atoms with Gasteiger partial charge in [0.15, 0.2) is 0 Å². The topological polar surface area (TPSA) is 72.9 Å². The third-order valence-electron chi connectivity index (χ3n) is 4.92. The summed E-state index contributed by atoms with van der Waals surface area (Å²) in [6.07, 6.45) is 4.26. The number of nitrogens with zero attached hydrogens (tertiary/aromatic N) is 1. The first-order chi connectivity index (χ1) is 12.5. The smallest absolute Gasteiger partial charge is 0.338 e. The van der Waals surface area contributed by atoms with Gasteiger partial charge in [0, 0.05) is 17.1 Å². The van der Waals surface area contributed by atoms with E-state index < -0.39 is 5.97 Å². The Morgan fingerprint density at radius 2 is 1.88 bits per heavy atom. The number of esters is 1. The number of rotatable bonds is 7. The van der Waals surface area contributed by atoms with Gasteiger partial charge in [0.1, 0.15) is 0 Å². The molecule has 2 heterocycles. The molecule has 0 saturated carbocycles. The molecule has 0 radical (unpaired) electrons. The van der Waals surface area contributed by atoms with Crippen LogP contribution < -0.4 is 4.90 Å². The normalized spacial score (nSPS) is 18.5. The van der Waals surface area contributed by atoms with Crippen LogP contribution in [0.2, 0.25) is 0 Å². The number of ether oxygens (including phenoxy) is 2. The highest BCUT2D eigenvalue weighted by molar-refractivity contribution is 6.30. The third kappa shape index (κ3) is 3.55. The van der Waals surface area contributed by atoms with Gasteiger partial charge >= 0.3 is 5.97 Å². The van der Waals surface area contributed by atoms with Crippen LogP contribution in [0.3, 0.4) is 0 Å². The molecule has 6 heteroatoms. The number of hydrogen-bond acceptors (Lipinski definition) is 5. The zero-order valence-corrected chi connectivity index (χ0v) is 15.1. The molecule has 138 valence electrons. The van der Waals surface area contributed by atoms with Crippen molar-refractivity contribution in [2.45, 2.75) is 33.1 Å². The highest BCUT2D eigenvalue weighted by Crippen LogP contribution is 2.36. The second-order valence-corrected chi connectivity index (χ2v) is 6.98. The second-order valence-electron chi connectivity index (χ2n) is 6.98. The Labute approximate surface area is 152 Å². The molecule has 1 fully saturated rings. The van der Waals surface area contributed by atoms with Gasteiger partial charge in [0.2, 0.25) is 0 Å². The zero-order valence-electron chi connectivity index (χ0n) is 15.1. The number of amides is 2. The van der Waals surface area contributed by atoms with Crippen molar-refractivity contribution in [3.8, 4) is 0 Å². The molecule has 26 heavy (non-hydrogen) atoms. The van der Waals surface area contributed by atoms with E-state index in [-0.39, 0.29) is 17.2 Å². The largest absolute Gasteiger partial charge is 0.462 e. The molecule has 1 aromatic rings. The standard InChI is InChI=1S/C20H23NO5/c1-3-8-20(12-25-13-20)9-10-26-19(24)15-4-6-16(7-5-15)21-17(22)11-14(2)18(21)23/h4-7,11H,3,8-10,12-13H2,1-2H3. The van der Waals surface area contributed by atoms with Crippen LogP contribution in [-0.2, 0) is 19.1 Å². The van der Waals surface area contributed by atoms with E-state index in [1.54, 1.807) is 31.2 Å². The lowest BCUT2D eigenvalue weighted by Gasteiger charge is -2.41. The molecule has 0 aromatic heterocycles. The van der Waals surface area contributed by atoms with E-state index in [0.29, 0.717) is 23.4 Å². The SMILES string of the molecule is CCCC1(CCOC(=O)c2ccc(N3C(=O)C=C(C)C3=O)cc2)COC1. The fourth-order valence-electron chi connectivity index (χ4n) is 3.36. The number of anilines is 1. The van der Waals surface area contributed by atoms with Crippen LogP contribution in [0, 0.1) is 5.41 Å². The first kappa shape index (κ1) is 18.3. The summed E-state index contributed by atoms with van der Waals surface area (Å²) in [5.41, 5.74) is 1.39. The van der Waals surface area contributed by atoms with Crippen molar-refractivity contribution in [2.75, 3.05) is 24.7 Å². The molecule has 0 spiro atoms. The molecule has 1 saturated heterocycles. The van der Waals surface area contributed by atoms with Crippen molar-refractivity contribution in [1.29, 1.82) is 0 Å². The Kier molecular flexibility index (Phi) is 5.23. The van der Waals surface area contributed by atoms with Crippen LogP contribution in [0.1, 0.15) is 43.5 Å². The van der Waals surface area contributed by atoms with Crippen molar-refractivity contribution in [3.05, 3.63) is 41.5 Å². The van der Waals surface area contributed by atoms with Gasteiger partial charge in [-0.1, -0.05) is 13.3 Å². The summed E-state index contributed by atoms with van der Waals surface area (Å²) < 4.78 is 10.7. The van der Waals surface area contributed by atoms with Crippen LogP contribution in [-0.4, -0.2) is 37.6 Å². The highest BCUT2D eigenvalue weighted by atomic mass is 16.5. The lowest BCUT2D eigenvalue weighted by molar-refractivity contribution is -0.127. The Morgan fingerprint density at radius 3 is 2.38 bits per heavy atom. The second kappa shape index (κ2) is 7.41. The number of imide groups is 1. The predicted molar refractivity (Wildman–Crippen MR) is 95.8 cm³/mol. The lowest BCUT2D eigenvalue weighted by Crippen LogP contribution is -2.43. The summed E-state index contributed by atoms with van der Waals surface area (Å²) >= 11 is 0. The van der Waals surface area contributed by atoms with Crippen LogP contribution in [0.5, 0.6) is 0 Å². The van der Waals surface area contributed by atoms with Crippen molar-refractivity contribution in [3.63, 3.8) is 0 Å². The number of benzene rings is 1. The van der Waals surface area contributed by atoms with Gasteiger partial charge in [-0.25, -0.2) is 9.69 Å². The van der Waals surface area contributed by atoms with Crippen LogP contribution in [0.25, 0.3) is 0 Å². The third-order valence-corrected chi connectivity index (χ3v) is 4.92. The molecule has 2 aliphatic rings. The average molecular weight is 357 g/mol. The van der Waals surface area contributed by atoms with Crippen molar-refractivity contribution in [2.24, 2.45) is 5.41 Å². The Hall–Kier alpha value is -2.47. The molecular formula is C20H23NO5. The van der Waals surface area contributed by atoms with Gasteiger partial charge in [-0.15, -0.1) is 0 Å². The molecule has 1 aromatic carbocycles. The maximum Gasteiger partial charge on any atom is 0.338 e. The minimum atomic E-state index is -0.406. The number of carbonyl (C=O) groups is 3. The molecular weight excluding hydrogens is 334 g/mol. The van der Waals surface area contributed by atoms with Gasteiger partial charge < -0.3 is 9.47 Å². The van der Waals surface area contributed by atoms with E-state index in [9.17, 15) is 14.4 Å². The fraction of sp³-hybridized carbons (Fsp3) is 0.450. The Morgan fingerprint density at radius 1 is 1.19 bits per heavy atom. The lowest BCUT2D eigenvalue weighted by atomic mass is 9.79. The fourth-order valence-corrected chi connectivity index (χ4v) is 3.36. The quantitative estimate of drug-likeness (QED) is 0.554. The molecule has 3 rings (SSSR count). The van der Waals surface area contributed by atoms with Gasteiger partial charge in [-0.2, -0.15) is 0 Å². The van der Waals surface area contributed by atoms with E-state index in [2.05, 4.69) is 6.92 Å². The highest BCUT2D eigenvalue weighted by Gasteiger charge is 2.37. The Balaban J connectivity index is 1.56. The first-order valence-electron chi connectivity index (χ1n) is 8.87. The Bertz CT molecular complexity index is 746. The summed E-state index contributed by atoms with van der Waals surface area (Å²) in [5, 5.41) is 0. The average Bonchev–Trinajstić information content (AvgIpc) is 2.85. The molecule has 2 amide bonds. The van der Waals surface area contributed by atoms with Crippen LogP contribution in [0.15, 0.2) is 35.9 Å². The van der Waals surface area contributed by atoms with Crippen molar-refractivity contribution >= 4 is 23.5 Å². The molecule has 0 unspecified atom stereocenters. The maximum absolute atomic E-state index is 12.2. The summed E-state index contributed by atoms with van der Waals surface area (Å²) in [6.45, 7) is 5.57. The van der Waals surface area contributed by atoms with E-state index in [1.165, 1.54) is 6.08 Å². The molecule has 0 atom stereocenters. The number of carbonyl (C=O) groups excluding carboxylic acids is 3. The van der Waals surface area contributed by atoms with Gasteiger partial charge in [0.05, 0.1) is 31.1 Å². The molecule has 6 nitrogen and oxygen atoms in total. The van der Waals surface area contributed by atoms with Crippen molar-refractivity contribution < 1.29 is 23.9 Å². The van der Waals surface area contributed by atoms with E-state index in [1.807, 2.05) is 0 Å². The molecule has 2 aliphatic heterocycles. The minimum Gasteiger partial charge on any atom is -0.462 e. The van der Waals surface area contributed by atoms with E-state index in [4.69, 9.17) is 9.47 Å². The summed E-state index contributed by atoms with van der Waals surface area (Å²) in [7, 11) is 0. The first-order valence-corrected chi connectivity index (χ1v) is 8.87. The predicted octanol–water partition coefficient (Wildman–Crippen LogP) is 2.87. The summed E-state index contributed by atoms with van der Waals surface area (Å²) in [5.74, 6) is -1.11. The maximum atomic E-state index is 12.2. The van der Waals surface area contributed by atoms with E-state index in [0.717, 1.165) is 37.4 Å². The number of hydrogen-bond donors (Lipinski definition) is 0. The summed E-state index contributed by atoms with van der Waals surface area (Å²) in [6, 6.07) is 6.30. The van der Waals surface area contributed by atoms with Gasteiger partial charge in [-0.3, -0.25) is 9.59 Å². The van der Waals surface area contributed by atoms with Gasteiger partial charge in [-0.05, 0) is 44.0 Å². The van der Waals surface area contributed by atoms with Crippen LogP contribution in [0.4, 0.5) is 5.69 Å². The summed E-state index contributed by atoms with van der Waals surface area (Å²) in [4.78, 5) is 37.1. The monoisotopic (exact) mass is 357 g/mol. The molecule has 0 aliphatic carbocycles. The molecule has 0 N–H and O–H groups in total. The molecule has 0 bridgehead atoms. The van der Waals surface area contributed by atoms with Gasteiger partial charge in [0.25, 0.3) is 11.8 Å². The van der Waals surface area contributed by atoms with Crippen molar-refractivity contribution in [1.82, 2.24) is 0 Å². The minimum absolute atomic E-state index is 0.153. The van der Waals surface area contributed by atoms with E-state index >= 15 is 0 Å². The zero-order chi connectivity index (χ0) is 18.7. The van der Waals surface area contributed by atoms with Crippen LogP contribution >= 0.6 is 0 Å².